The third kappa shape index (κ3) is 3.88. The number of ketones is 1. The zero-order chi connectivity index (χ0) is 28.0. The number of aryl methyl sites for hydroxylation is 1. The lowest BCUT2D eigenvalue weighted by atomic mass is 9.76. The van der Waals surface area contributed by atoms with Crippen molar-refractivity contribution in [2.45, 2.75) is 31.4 Å². The van der Waals surface area contributed by atoms with E-state index in [1.807, 2.05) is 89.6 Å². The molecule has 0 aliphatic heterocycles. The monoisotopic (exact) mass is 537 g/mol. The van der Waals surface area contributed by atoms with E-state index in [0.717, 1.165) is 39.8 Å². The molecule has 0 bridgehead atoms. The van der Waals surface area contributed by atoms with Crippen LogP contribution in [0.25, 0.3) is 5.52 Å². The Balaban J connectivity index is 1.34. The van der Waals surface area contributed by atoms with Crippen molar-refractivity contribution in [2.24, 2.45) is 5.92 Å². The van der Waals surface area contributed by atoms with Crippen molar-refractivity contribution in [3.63, 3.8) is 0 Å². The van der Waals surface area contributed by atoms with Crippen molar-refractivity contribution in [3.8, 4) is 0 Å². The number of fused-ring (bicyclic) bond motifs is 3. The van der Waals surface area contributed by atoms with Crippen molar-refractivity contribution in [1.82, 2.24) is 14.0 Å². The van der Waals surface area contributed by atoms with E-state index in [0.29, 0.717) is 17.8 Å². The van der Waals surface area contributed by atoms with Gasteiger partial charge in [0.15, 0.2) is 5.78 Å². The summed E-state index contributed by atoms with van der Waals surface area (Å²) in [6.07, 6.45) is 5.96. The molecule has 0 saturated heterocycles. The topological polar surface area (TPSA) is 59.5 Å². The van der Waals surface area contributed by atoms with Crippen LogP contribution in [-0.4, -0.2) is 24.8 Å². The number of hydrogen-bond acceptors (Lipinski definition) is 3. The van der Waals surface area contributed by atoms with Gasteiger partial charge in [-0.25, -0.2) is 4.98 Å². The van der Waals surface area contributed by atoms with Crippen LogP contribution in [0.1, 0.15) is 56.5 Å². The molecule has 0 spiro atoms. The maximum Gasteiger partial charge on any atom is 0.185 e. The summed E-state index contributed by atoms with van der Waals surface area (Å²) in [5.41, 5.74) is 6.96. The zero-order valence-electron chi connectivity index (χ0n) is 22.9. The number of benzene rings is 3. The van der Waals surface area contributed by atoms with E-state index in [2.05, 4.69) is 47.9 Å². The minimum atomic E-state index is -1.02. The van der Waals surface area contributed by atoms with Crippen LogP contribution in [0.2, 0.25) is 0 Å². The minimum absolute atomic E-state index is 0.0250. The van der Waals surface area contributed by atoms with Gasteiger partial charge < -0.3 is 14.1 Å². The summed E-state index contributed by atoms with van der Waals surface area (Å²) in [7, 11) is 0. The molecule has 3 aromatic heterocycles. The van der Waals surface area contributed by atoms with E-state index in [-0.39, 0.29) is 5.78 Å². The maximum absolute atomic E-state index is 13.9. The summed E-state index contributed by atoms with van der Waals surface area (Å²) in [6, 6.07) is 37.1. The summed E-state index contributed by atoms with van der Waals surface area (Å²) >= 11 is 0. The van der Waals surface area contributed by atoms with Gasteiger partial charge in [-0.15, -0.1) is 0 Å². The SMILES string of the molecule is Cc1c2c(n3ccccc13)C(=O)C(C(O)c1cn(C(c3ccccc3)(c3ccccc3)c3ccccc3)cn1)CC2. The standard InChI is InChI=1S/C36H31N3O2/c1-25-29-20-21-30(35(41)33(29)39-22-12-11-19-32(25)39)34(40)31-23-38(24-37-31)36(26-13-5-2-6-14-26,27-15-7-3-8-16-27)28-17-9-4-10-18-28/h2-19,22-24,30,34,40H,20-21H2,1H3. The largest absolute Gasteiger partial charge is 0.386 e. The molecule has 2 atom stereocenters. The van der Waals surface area contributed by atoms with E-state index >= 15 is 0 Å². The first-order valence-corrected chi connectivity index (χ1v) is 14.1. The quantitative estimate of drug-likeness (QED) is 0.239. The van der Waals surface area contributed by atoms with Crippen molar-refractivity contribution < 1.29 is 9.90 Å². The minimum Gasteiger partial charge on any atom is -0.386 e. The molecule has 2 unspecified atom stereocenters. The van der Waals surface area contributed by atoms with Gasteiger partial charge in [0.25, 0.3) is 0 Å². The Morgan fingerprint density at radius 3 is 1.98 bits per heavy atom. The zero-order valence-corrected chi connectivity index (χ0v) is 22.9. The first-order valence-electron chi connectivity index (χ1n) is 14.1. The number of pyridine rings is 1. The average molecular weight is 538 g/mol. The first-order chi connectivity index (χ1) is 20.1. The van der Waals surface area contributed by atoms with Crippen LogP contribution >= 0.6 is 0 Å². The predicted molar refractivity (Wildman–Crippen MR) is 160 cm³/mol. The predicted octanol–water partition coefficient (Wildman–Crippen LogP) is 6.76. The molecule has 0 radical (unpaired) electrons. The molecule has 202 valence electrons. The van der Waals surface area contributed by atoms with Gasteiger partial charge >= 0.3 is 0 Å². The number of rotatable bonds is 6. The van der Waals surface area contributed by atoms with Gasteiger partial charge in [-0.05, 0) is 59.7 Å². The van der Waals surface area contributed by atoms with Crippen LogP contribution in [0, 0.1) is 12.8 Å². The number of carbonyl (C=O) groups excluding carboxylic acids is 1. The number of carbonyl (C=O) groups is 1. The molecule has 3 aromatic carbocycles. The first kappa shape index (κ1) is 25.2. The van der Waals surface area contributed by atoms with Crippen molar-refractivity contribution in [1.29, 1.82) is 0 Å². The van der Waals surface area contributed by atoms with E-state index in [1.165, 1.54) is 0 Å². The number of aliphatic hydroxyl groups excluding tert-OH is 1. The molecule has 1 N–H and O–H groups in total. The van der Waals surface area contributed by atoms with Crippen molar-refractivity contribution in [3.05, 3.63) is 167 Å². The van der Waals surface area contributed by atoms with Crippen LogP contribution in [0.4, 0.5) is 0 Å². The van der Waals surface area contributed by atoms with Crippen LogP contribution < -0.4 is 0 Å². The molecule has 6 aromatic rings. The Kier molecular flexibility index (Phi) is 6.17. The number of Topliss-reactive ketones (excluding diaryl/α,β-unsaturated/α-hetero) is 1. The highest BCUT2D eigenvalue weighted by Gasteiger charge is 2.41. The van der Waals surface area contributed by atoms with Gasteiger partial charge in [-0.3, -0.25) is 4.79 Å². The summed E-state index contributed by atoms with van der Waals surface area (Å²) in [5, 5.41) is 11.7. The summed E-state index contributed by atoms with van der Waals surface area (Å²) in [6.45, 7) is 2.08. The third-order valence-electron chi connectivity index (χ3n) is 8.75. The summed E-state index contributed by atoms with van der Waals surface area (Å²) in [4.78, 5) is 18.7. The molecular weight excluding hydrogens is 506 g/mol. The molecule has 1 aliphatic rings. The molecule has 41 heavy (non-hydrogen) atoms. The molecule has 1 aliphatic carbocycles. The van der Waals surface area contributed by atoms with E-state index in [9.17, 15) is 9.90 Å². The molecule has 0 saturated carbocycles. The Bertz CT molecular complexity index is 1740. The molecule has 7 rings (SSSR count). The van der Waals surface area contributed by atoms with E-state index in [1.54, 1.807) is 6.33 Å². The summed E-state index contributed by atoms with van der Waals surface area (Å²) in [5.74, 6) is -0.592. The maximum atomic E-state index is 13.9. The Morgan fingerprint density at radius 2 is 1.39 bits per heavy atom. The van der Waals surface area contributed by atoms with Crippen molar-refractivity contribution >= 4 is 11.3 Å². The molecular formula is C36H31N3O2. The highest BCUT2D eigenvalue weighted by molar-refractivity contribution is 6.01. The Morgan fingerprint density at radius 1 is 0.829 bits per heavy atom. The second-order valence-corrected chi connectivity index (χ2v) is 10.9. The van der Waals surface area contributed by atoms with Gasteiger partial charge in [-0.1, -0.05) is 97.1 Å². The number of imidazole rings is 1. The lowest BCUT2D eigenvalue weighted by Gasteiger charge is -2.37. The molecule has 5 nitrogen and oxygen atoms in total. The lowest BCUT2D eigenvalue weighted by molar-refractivity contribution is 0.0619. The smallest absolute Gasteiger partial charge is 0.185 e. The summed E-state index contributed by atoms with van der Waals surface area (Å²) < 4.78 is 4.07. The van der Waals surface area contributed by atoms with Crippen LogP contribution in [0.15, 0.2) is 128 Å². The fourth-order valence-corrected chi connectivity index (χ4v) is 6.77. The normalized spacial score (nSPS) is 16.0. The van der Waals surface area contributed by atoms with Crippen molar-refractivity contribution in [2.75, 3.05) is 0 Å². The Labute approximate surface area is 239 Å². The number of aromatic nitrogens is 3. The highest BCUT2D eigenvalue weighted by atomic mass is 16.3. The average Bonchev–Trinajstić information content (AvgIpc) is 3.63. The molecule has 0 fully saturated rings. The highest BCUT2D eigenvalue weighted by Crippen LogP contribution is 2.42. The molecule has 0 amide bonds. The lowest BCUT2D eigenvalue weighted by Crippen LogP contribution is -2.37. The van der Waals surface area contributed by atoms with Gasteiger partial charge in [0.2, 0.25) is 0 Å². The fourth-order valence-electron chi connectivity index (χ4n) is 6.77. The van der Waals surface area contributed by atoms with Crippen LogP contribution in [0.5, 0.6) is 0 Å². The number of aliphatic hydroxyl groups is 1. The number of hydrogen-bond donors (Lipinski definition) is 1. The van der Waals surface area contributed by atoms with Gasteiger partial charge in [0, 0.05) is 17.9 Å². The van der Waals surface area contributed by atoms with Gasteiger partial charge in [-0.2, -0.15) is 0 Å². The molecule has 3 heterocycles. The van der Waals surface area contributed by atoms with E-state index < -0.39 is 17.6 Å². The molecule has 5 heteroatoms. The second kappa shape index (κ2) is 10.0. The van der Waals surface area contributed by atoms with Gasteiger partial charge in [0.05, 0.1) is 23.6 Å². The third-order valence-corrected chi connectivity index (χ3v) is 8.75. The Hall–Kier alpha value is -4.74. The second-order valence-electron chi connectivity index (χ2n) is 10.9. The van der Waals surface area contributed by atoms with Crippen LogP contribution in [-0.2, 0) is 12.0 Å². The van der Waals surface area contributed by atoms with Gasteiger partial charge in [0.1, 0.15) is 11.6 Å². The number of nitrogens with zero attached hydrogens (tertiary/aromatic N) is 3. The van der Waals surface area contributed by atoms with Crippen LogP contribution in [0.3, 0.4) is 0 Å². The fraction of sp³-hybridized carbons (Fsp3) is 0.167. The van der Waals surface area contributed by atoms with E-state index in [4.69, 9.17) is 4.98 Å².